The molecule has 0 aliphatic rings. The minimum atomic E-state index is -1.84. The van der Waals surface area contributed by atoms with E-state index in [0.29, 0.717) is 17.7 Å². The number of aliphatic hydroxyl groups excluding tert-OH is 1. The third-order valence-electron chi connectivity index (χ3n) is 19.2. The fourth-order valence-electron chi connectivity index (χ4n) is 12.2. The Kier molecular flexibility index (Phi) is 51.0. The Morgan fingerprint density at radius 3 is 1.21 bits per heavy atom. The number of carbonyl (C=O) groups excluding carboxylic acids is 15. The van der Waals surface area contributed by atoms with Crippen LogP contribution >= 0.6 is 11.8 Å². The van der Waals surface area contributed by atoms with E-state index >= 15 is 0 Å². The smallest absolute Gasteiger partial charge is 0.322 e. The lowest BCUT2D eigenvalue weighted by Gasteiger charge is -2.30. The average Bonchev–Trinajstić information content (AvgIpc) is 0.847. The van der Waals surface area contributed by atoms with Crippen molar-refractivity contribution in [3.8, 4) is 0 Å². The molecule has 0 saturated carbocycles. The van der Waals surface area contributed by atoms with Crippen molar-refractivity contribution in [3.05, 3.63) is 35.9 Å². The summed E-state index contributed by atoms with van der Waals surface area (Å²) in [6.07, 6.45) is 0.0980. The molecule has 0 aliphatic carbocycles. The molecule has 0 spiro atoms. The van der Waals surface area contributed by atoms with Crippen molar-refractivity contribution < 1.29 is 86.9 Å². The molecule has 41 nitrogen and oxygen atoms in total. The summed E-state index contributed by atoms with van der Waals surface area (Å²) in [4.78, 5) is 231. The second-order valence-electron chi connectivity index (χ2n) is 32.2. The number of hydrogen-bond acceptors (Lipinski definition) is 22. The lowest BCUT2D eigenvalue weighted by atomic mass is 9.95. The van der Waals surface area contributed by atoms with Gasteiger partial charge in [0.15, 0.2) is 11.9 Å². The zero-order valence-electron chi connectivity index (χ0n) is 72.7. The number of carboxylic acids is 1. The Morgan fingerprint density at radius 2 is 0.785 bits per heavy atom. The molecule has 0 heterocycles. The molecule has 15 amide bonds. The molecule has 121 heavy (non-hydrogen) atoms. The van der Waals surface area contributed by atoms with Crippen LogP contribution in [0.3, 0.4) is 0 Å². The quantitative estimate of drug-likeness (QED) is 0.0167. The maximum atomic E-state index is 14.6. The number of nitrogens with zero attached hydrogens (tertiary/aromatic N) is 2. The van der Waals surface area contributed by atoms with Gasteiger partial charge in [0.1, 0.15) is 85.1 Å². The number of aliphatic imine (C=N–C) groups is 2. The van der Waals surface area contributed by atoms with Gasteiger partial charge in [-0.1, -0.05) is 120 Å². The van der Waals surface area contributed by atoms with Crippen LogP contribution in [0.15, 0.2) is 40.3 Å². The van der Waals surface area contributed by atoms with Crippen LogP contribution in [0, 0.1) is 35.5 Å². The highest BCUT2D eigenvalue weighted by molar-refractivity contribution is 7.98. The Bertz CT molecular complexity index is 3600. The van der Waals surface area contributed by atoms with Gasteiger partial charge in [0.25, 0.3) is 0 Å². The maximum Gasteiger partial charge on any atom is 0.322 e. The van der Waals surface area contributed by atoms with Gasteiger partial charge in [0, 0.05) is 19.5 Å². The lowest BCUT2D eigenvalue weighted by molar-refractivity contribution is -0.138. The van der Waals surface area contributed by atoms with E-state index in [1.807, 2.05) is 13.8 Å². The van der Waals surface area contributed by atoms with E-state index in [-0.39, 0.29) is 132 Å². The van der Waals surface area contributed by atoms with Crippen LogP contribution in [0.2, 0.25) is 0 Å². The molecule has 16 atom stereocenters. The van der Waals surface area contributed by atoms with Gasteiger partial charge in [-0.25, -0.2) is 0 Å². The summed E-state index contributed by atoms with van der Waals surface area (Å²) in [5.41, 5.74) is 40.4. The number of nitrogens with one attached hydrogen (secondary N) is 14. The number of carboxylic acid groups (broad SMARTS) is 1. The number of carbonyl (C=O) groups is 16. The number of hydrogen-bond donors (Lipinski definition) is 23. The Labute approximate surface area is 713 Å². The topological polar surface area (TPSA) is 689 Å². The van der Waals surface area contributed by atoms with Crippen molar-refractivity contribution in [3.63, 3.8) is 0 Å². The molecule has 0 fully saturated rings. The summed E-state index contributed by atoms with van der Waals surface area (Å²) in [5.74, 6) is -17.4. The molecular formula is C79H139N23O18S. The number of guanidine groups is 2. The largest absolute Gasteiger partial charge is 0.480 e. The molecule has 0 unspecified atom stereocenters. The molecule has 0 aliphatic heterocycles. The first-order valence-corrected chi connectivity index (χ1v) is 42.6. The standard InChI is InChI=1S/C79H139N23O18S/c1-16-45(12)62(76(119)98-55(36-42(6)7)71(114)95-53(34-40(2)3)70(113)96-56(37-48-24-18-17-19-25-48)72(115)93-52(29-33-121-15)65(108)89-39-59(105)106)101-73(116)57(38-58(81)104)99-75(118)61(44(10)11)100-64(107)46(13)90-66(109)50(27-22-31-87-78(83)84)94-77(120)63(47(14)103)102-68(111)49(26-20-21-30-80)91-67(110)51(28-23-32-88-79(85)86)92-69(112)54(35-41(4)5)97-74(117)60(82)43(8)9/h17-19,24-25,40-47,49-57,60-63,103H,16,20-23,26-39,80,82H2,1-15H3,(H2,81,104)(H,89,108)(H,90,109)(H,91,110)(H,92,112)(H,93,115)(H,94,120)(H,95,114)(H,96,113)(H,97,117)(H,98,119)(H,99,118)(H,100,107)(H,101,116)(H,102,111)(H,105,106)(H4,83,84,87)(H4,85,86,88)/t45-,46-,47+,49-,50-,51-,52-,53-,54-,55-,56-,57-,60-,61-,62-,63-/m0/s1. The van der Waals surface area contributed by atoms with E-state index in [9.17, 15) is 86.9 Å². The van der Waals surface area contributed by atoms with E-state index in [0.717, 1.165) is 6.92 Å². The van der Waals surface area contributed by atoms with Gasteiger partial charge in [-0.05, 0) is 144 Å². The van der Waals surface area contributed by atoms with Gasteiger partial charge in [0.05, 0.1) is 18.6 Å². The monoisotopic (exact) mass is 1730 g/mol. The molecule has 1 aromatic carbocycles. The molecule has 1 rings (SSSR count). The number of benzene rings is 1. The van der Waals surface area contributed by atoms with Crippen LogP contribution in [-0.2, 0) is 83.1 Å². The summed E-state index contributed by atoms with van der Waals surface area (Å²) in [5, 5.41) is 56.6. The molecule has 0 aromatic heterocycles. The number of rotatable bonds is 59. The van der Waals surface area contributed by atoms with E-state index in [4.69, 9.17) is 40.1 Å². The molecule has 42 heteroatoms. The summed E-state index contributed by atoms with van der Waals surface area (Å²) >= 11 is 1.38. The van der Waals surface area contributed by atoms with Crippen molar-refractivity contribution in [2.24, 2.45) is 85.6 Å². The van der Waals surface area contributed by atoms with E-state index in [2.05, 4.69) is 84.4 Å². The summed E-state index contributed by atoms with van der Waals surface area (Å²) in [6, 6.07) is -11.2. The third-order valence-corrected chi connectivity index (χ3v) is 19.9. The number of thioether (sulfide) groups is 1. The Balaban J connectivity index is 3.66. The predicted octanol–water partition coefficient (Wildman–Crippen LogP) is -4.18. The lowest BCUT2D eigenvalue weighted by Crippen LogP contribution is -2.62. The predicted molar refractivity (Wildman–Crippen MR) is 458 cm³/mol. The van der Waals surface area contributed by atoms with Crippen molar-refractivity contribution >= 4 is 118 Å². The molecular weight excluding hydrogens is 1590 g/mol. The van der Waals surface area contributed by atoms with Gasteiger partial charge < -0.3 is 125 Å². The molecule has 684 valence electrons. The van der Waals surface area contributed by atoms with Crippen molar-refractivity contribution in [1.29, 1.82) is 0 Å². The number of aliphatic carboxylic acids is 1. The number of nitrogens with two attached hydrogens (primary N) is 7. The summed E-state index contributed by atoms with van der Waals surface area (Å²) < 4.78 is 0. The zero-order chi connectivity index (χ0) is 92.1. The van der Waals surface area contributed by atoms with E-state index < -0.39 is 210 Å². The first-order chi connectivity index (χ1) is 56.7. The summed E-state index contributed by atoms with van der Waals surface area (Å²) in [7, 11) is 0. The van der Waals surface area contributed by atoms with Gasteiger partial charge in [0.2, 0.25) is 88.6 Å². The van der Waals surface area contributed by atoms with Crippen LogP contribution in [-0.4, -0.2) is 246 Å². The fourth-order valence-corrected chi connectivity index (χ4v) is 12.7. The van der Waals surface area contributed by atoms with Crippen LogP contribution in [0.25, 0.3) is 0 Å². The number of unbranched alkanes of at least 4 members (excludes halogenated alkanes) is 1. The minimum Gasteiger partial charge on any atom is -0.480 e. The van der Waals surface area contributed by atoms with Crippen LogP contribution in [0.5, 0.6) is 0 Å². The van der Waals surface area contributed by atoms with Crippen molar-refractivity contribution in [2.45, 2.75) is 278 Å². The SMILES string of the molecule is CC[C@H](C)[C@H](NC(=O)[C@H](CC(N)=O)NC(=O)[C@@H](NC(=O)[C@H](C)NC(=O)[C@H](CCCN=C(N)N)NC(=O)[C@@H](NC(=O)[C@H](CCCCN)NC(=O)[C@H](CCCN=C(N)N)NC(=O)[C@H](CC(C)C)NC(=O)[C@@H](N)C(C)C)[C@@H](C)O)C(C)C)C(=O)N[C@@H](CC(C)C)C(=O)N[C@@H](CC(C)C)C(=O)N[C@@H](Cc1ccccc1)C(=O)N[C@@H](CCSC)C(=O)NCC(=O)O. The van der Waals surface area contributed by atoms with Gasteiger partial charge in [-0.3, -0.25) is 86.7 Å². The number of primary amides is 1. The Hall–Kier alpha value is -10.5. The molecule has 0 bridgehead atoms. The van der Waals surface area contributed by atoms with Crippen LogP contribution in [0.4, 0.5) is 0 Å². The number of aliphatic hydroxyl groups is 1. The molecule has 0 radical (unpaired) electrons. The maximum absolute atomic E-state index is 14.6. The minimum absolute atomic E-state index is 0.00671. The highest BCUT2D eigenvalue weighted by Gasteiger charge is 2.40. The molecule has 0 saturated heterocycles. The second kappa shape index (κ2) is 56.9. The van der Waals surface area contributed by atoms with Gasteiger partial charge in [-0.15, -0.1) is 0 Å². The Morgan fingerprint density at radius 1 is 0.413 bits per heavy atom. The summed E-state index contributed by atoms with van der Waals surface area (Å²) in [6.45, 7) is 22.4. The van der Waals surface area contributed by atoms with Crippen LogP contribution < -0.4 is 115 Å². The second-order valence-corrected chi connectivity index (χ2v) is 33.2. The zero-order valence-corrected chi connectivity index (χ0v) is 73.5. The molecule has 30 N–H and O–H groups in total. The molecule has 1 aromatic rings. The first kappa shape index (κ1) is 109. The number of amides is 15. The highest BCUT2D eigenvalue weighted by Crippen LogP contribution is 2.18. The first-order valence-electron chi connectivity index (χ1n) is 41.2. The van der Waals surface area contributed by atoms with Crippen molar-refractivity contribution in [2.75, 3.05) is 38.2 Å². The highest BCUT2D eigenvalue weighted by atomic mass is 32.2. The fraction of sp³-hybridized carbons (Fsp3) is 0.696. The normalized spacial score (nSPS) is 15.3. The van der Waals surface area contributed by atoms with Gasteiger partial charge in [-0.2, -0.15) is 11.8 Å². The third kappa shape index (κ3) is 43.0. The van der Waals surface area contributed by atoms with E-state index in [1.54, 1.807) is 92.0 Å². The van der Waals surface area contributed by atoms with E-state index in [1.165, 1.54) is 32.5 Å². The van der Waals surface area contributed by atoms with Crippen molar-refractivity contribution in [1.82, 2.24) is 74.4 Å². The average molecular weight is 1730 g/mol. The van der Waals surface area contributed by atoms with Crippen LogP contribution in [0.1, 0.15) is 186 Å². The van der Waals surface area contributed by atoms with Gasteiger partial charge >= 0.3 is 5.97 Å².